The lowest BCUT2D eigenvalue weighted by Crippen LogP contribution is -2.63. The molecule has 3 heterocycles. The summed E-state index contributed by atoms with van der Waals surface area (Å²) in [5, 5.41) is 12.2. The van der Waals surface area contributed by atoms with E-state index in [1.165, 1.54) is 0 Å². The maximum atomic E-state index is 12.7. The van der Waals surface area contributed by atoms with E-state index in [2.05, 4.69) is 28.5 Å². The number of ether oxygens (including phenoxy) is 1. The lowest BCUT2D eigenvalue weighted by molar-refractivity contribution is 0.0197. The molecule has 1 aromatic heterocycles. The summed E-state index contributed by atoms with van der Waals surface area (Å²) in [5.74, 6) is 0. The summed E-state index contributed by atoms with van der Waals surface area (Å²) >= 11 is 1.64. The molecule has 2 fully saturated rings. The number of benzene rings is 1. The van der Waals surface area contributed by atoms with Gasteiger partial charge in [-0.15, -0.1) is 10.2 Å². The number of rotatable bonds is 4. The Kier molecular flexibility index (Phi) is 4.62. The fourth-order valence-corrected chi connectivity index (χ4v) is 4.44. The van der Waals surface area contributed by atoms with Crippen LogP contribution in [0.2, 0.25) is 0 Å². The number of likely N-dealkylation sites (tertiary alicyclic amines) is 1. The van der Waals surface area contributed by atoms with Crippen molar-refractivity contribution in [2.24, 2.45) is 7.05 Å². The summed E-state index contributed by atoms with van der Waals surface area (Å²) in [6, 6.07) is 7.97. The molecule has 2 atom stereocenters. The first-order valence-corrected chi connectivity index (χ1v) is 9.72. The molecule has 26 heavy (non-hydrogen) atoms. The highest BCUT2D eigenvalue weighted by Crippen LogP contribution is 2.38. The lowest BCUT2D eigenvalue weighted by atomic mass is 9.84. The third kappa shape index (κ3) is 3.19. The molecule has 0 saturated carbocycles. The predicted molar refractivity (Wildman–Crippen MR) is 100 cm³/mol. The standard InChI is InChI=1S/C18H23N5O2S/c1-13(26-17-21-19-12-22(17)2)14-4-3-5-15(10-14)20-16(24)23-8-6-18(23)7-9-25-11-18/h3-5,10,12-13H,6-9,11H2,1-2H3,(H,20,24)/t13-,18?/m0/s1. The first-order valence-electron chi connectivity index (χ1n) is 8.84. The van der Waals surface area contributed by atoms with Gasteiger partial charge in [0.1, 0.15) is 6.33 Å². The lowest BCUT2D eigenvalue weighted by Gasteiger charge is -2.49. The van der Waals surface area contributed by atoms with Crippen LogP contribution in [0.25, 0.3) is 0 Å². The number of carbonyl (C=O) groups is 1. The number of aromatic nitrogens is 3. The third-order valence-corrected chi connectivity index (χ3v) is 6.47. The van der Waals surface area contributed by atoms with Crippen LogP contribution in [0, 0.1) is 0 Å². The van der Waals surface area contributed by atoms with Crippen molar-refractivity contribution in [3.63, 3.8) is 0 Å². The molecular formula is C18H23N5O2S. The zero-order chi connectivity index (χ0) is 18.1. The Labute approximate surface area is 157 Å². The fraction of sp³-hybridized carbons (Fsp3) is 0.500. The number of hydrogen-bond acceptors (Lipinski definition) is 5. The largest absolute Gasteiger partial charge is 0.379 e. The van der Waals surface area contributed by atoms with Crippen molar-refractivity contribution in [2.75, 3.05) is 25.1 Å². The van der Waals surface area contributed by atoms with Crippen LogP contribution in [-0.4, -0.2) is 51.0 Å². The highest BCUT2D eigenvalue weighted by molar-refractivity contribution is 7.99. The molecule has 1 aromatic carbocycles. The van der Waals surface area contributed by atoms with Gasteiger partial charge in [0.2, 0.25) is 0 Å². The molecule has 1 N–H and O–H groups in total. The van der Waals surface area contributed by atoms with Gasteiger partial charge in [0.25, 0.3) is 0 Å². The van der Waals surface area contributed by atoms with Gasteiger partial charge in [0.05, 0.1) is 12.1 Å². The normalized spacial score (nSPS) is 23.1. The molecule has 2 aliphatic heterocycles. The second-order valence-electron chi connectivity index (χ2n) is 6.97. The first kappa shape index (κ1) is 17.4. The SMILES string of the molecule is C[C@H](Sc1nncn1C)c1cccc(NC(=O)N2CCC23CCOC3)c1. The Bertz CT molecular complexity index is 802. The number of aryl methyl sites for hydroxylation is 1. The van der Waals surface area contributed by atoms with E-state index in [1.54, 1.807) is 18.1 Å². The summed E-state index contributed by atoms with van der Waals surface area (Å²) in [5.41, 5.74) is 1.88. The molecule has 0 aliphatic carbocycles. The minimum Gasteiger partial charge on any atom is -0.379 e. The summed E-state index contributed by atoms with van der Waals surface area (Å²) in [4.78, 5) is 14.6. The zero-order valence-electron chi connectivity index (χ0n) is 15.0. The Morgan fingerprint density at radius 3 is 2.96 bits per heavy atom. The van der Waals surface area contributed by atoms with Gasteiger partial charge in [0.15, 0.2) is 5.16 Å². The van der Waals surface area contributed by atoms with Crippen molar-refractivity contribution in [3.8, 4) is 0 Å². The maximum Gasteiger partial charge on any atom is 0.322 e. The molecule has 1 spiro atoms. The van der Waals surface area contributed by atoms with Crippen LogP contribution in [0.4, 0.5) is 10.5 Å². The van der Waals surface area contributed by atoms with E-state index in [4.69, 9.17) is 4.74 Å². The molecule has 2 saturated heterocycles. The Morgan fingerprint density at radius 1 is 1.42 bits per heavy atom. The second kappa shape index (κ2) is 6.92. The Morgan fingerprint density at radius 2 is 2.31 bits per heavy atom. The van der Waals surface area contributed by atoms with Crippen LogP contribution in [0.1, 0.15) is 30.6 Å². The van der Waals surface area contributed by atoms with Crippen LogP contribution < -0.4 is 5.32 Å². The highest BCUT2D eigenvalue weighted by Gasteiger charge is 2.49. The van der Waals surface area contributed by atoms with Gasteiger partial charge < -0.3 is 19.5 Å². The number of anilines is 1. The number of urea groups is 1. The number of nitrogens with one attached hydrogen (secondary N) is 1. The molecule has 138 valence electrons. The van der Waals surface area contributed by atoms with Crippen molar-refractivity contribution in [1.29, 1.82) is 0 Å². The van der Waals surface area contributed by atoms with E-state index in [1.807, 2.05) is 34.7 Å². The average molecular weight is 373 g/mol. The highest BCUT2D eigenvalue weighted by atomic mass is 32.2. The van der Waals surface area contributed by atoms with E-state index in [9.17, 15) is 4.79 Å². The quantitative estimate of drug-likeness (QED) is 0.834. The summed E-state index contributed by atoms with van der Waals surface area (Å²) in [6.45, 7) is 4.33. The van der Waals surface area contributed by atoms with Gasteiger partial charge in [-0.2, -0.15) is 0 Å². The van der Waals surface area contributed by atoms with Crippen molar-refractivity contribution in [3.05, 3.63) is 36.2 Å². The van der Waals surface area contributed by atoms with Gasteiger partial charge in [-0.1, -0.05) is 23.9 Å². The van der Waals surface area contributed by atoms with E-state index >= 15 is 0 Å². The zero-order valence-corrected chi connectivity index (χ0v) is 15.8. The first-order chi connectivity index (χ1) is 12.6. The molecule has 2 aliphatic rings. The second-order valence-corrected chi connectivity index (χ2v) is 8.28. The van der Waals surface area contributed by atoms with Crippen molar-refractivity contribution < 1.29 is 9.53 Å². The molecule has 0 radical (unpaired) electrons. The van der Waals surface area contributed by atoms with Crippen molar-refractivity contribution >= 4 is 23.5 Å². The van der Waals surface area contributed by atoms with Crippen LogP contribution in [0.3, 0.4) is 0 Å². The monoisotopic (exact) mass is 373 g/mol. The number of thioether (sulfide) groups is 1. The molecule has 2 aromatic rings. The van der Waals surface area contributed by atoms with Gasteiger partial charge in [-0.25, -0.2) is 4.79 Å². The Balaban J connectivity index is 1.42. The summed E-state index contributed by atoms with van der Waals surface area (Å²) < 4.78 is 7.41. The van der Waals surface area contributed by atoms with Crippen LogP contribution in [0.15, 0.2) is 35.7 Å². The van der Waals surface area contributed by atoms with Crippen molar-refractivity contribution in [1.82, 2.24) is 19.7 Å². The van der Waals surface area contributed by atoms with Gasteiger partial charge in [-0.3, -0.25) is 0 Å². The van der Waals surface area contributed by atoms with Crippen LogP contribution in [0.5, 0.6) is 0 Å². The van der Waals surface area contributed by atoms with E-state index in [-0.39, 0.29) is 16.8 Å². The molecule has 7 nitrogen and oxygen atoms in total. The molecule has 4 rings (SSSR count). The van der Waals surface area contributed by atoms with Crippen molar-refractivity contribution in [2.45, 2.75) is 35.7 Å². The molecular weight excluding hydrogens is 350 g/mol. The van der Waals surface area contributed by atoms with Crippen LogP contribution in [-0.2, 0) is 11.8 Å². The molecule has 2 amide bonds. The molecule has 1 unspecified atom stereocenters. The van der Waals surface area contributed by atoms with Gasteiger partial charge in [0, 0.05) is 31.1 Å². The summed E-state index contributed by atoms with van der Waals surface area (Å²) in [6.07, 6.45) is 3.67. The minimum atomic E-state index is -0.0734. The van der Waals surface area contributed by atoms with Gasteiger partial charge in [-0.05, 0) is 37.5 Å². The fourth-order valence-electron chi connectivity index (χ4n) is 3.53. The van der Waals surface area contributed by atoms with E-state index in [0.717, 1.165) is 42.4 Å². The van der Waals surface area contributed by atoms with Crippen LogP contribution >= 0.6 is 11.8 Å². The molecule has 0 bridgehead atoms. The third-order valence-electron chi connectivity index (χ3n) is 5.26. The molecule has 8 heteroatoms. The minimum absolute atomic E-state index is 0.0347. The number of nitrogens with zero attached hydrogens (tertiary/aromatic N) is 4. The maximum absolute atomic E-state index is 12.7. The summed E-state index contributed by atoms with van der Waals surface area (Å²) in [7, 11) is 1.93. The average Bonchev–Trinajstić information content (AvgIpc) is 3.25. The number of amides is 2. The van der Waals surface area contributed by atoms with Gasteiger partial charge >= 0.3 is 6.03 Å². The Hall–Kier alpha value is -2.06. The predicted octanol–water partition coefficient (Wildman–Crippen LogP) is 3.07. The number of hydrogen-bond donors (Lipinski definition) is 1. The number of carbonyl (C=O) groups excluding carboxylic acids is 1. The smallest absolute Gasteiger partial charge is 0.322 e. The van der Waals surface area contributed by atoms with E-state index < -0.39 is 0 Å². The topological polar surface area (TPSA) is 72.3 Å². The van der Waals surface area contributed by atoms with E-state index in [0.29, 0.717) is 6.61 Å².